The van der Waals surface area contributed by atoms with Gasteiger partial charge in [-0.3, -0.25) is 34.2 Å². The first-order valence-electron chi connectivity index (χ1n) is 12.7. The Balaban J connectivity index is 1.19. The number of nitrogens with one attached hydrogen (secondary N) is 2. The van der Waals surface area contributed by atoms with E-state index in [0.717, 1.165) is 21.6 Å². The summed E-state index contributed by atoms with van der Waals surface area (Å²) >= 11 is 0. The predicted molar refractivity (Wildman–Crippen MR) is 141 cm³/mol. The first kappa shape index (κ1) is 26.0. The van der Waals surface area contributed by atoms with Gasteiger partial charge >= 0.3 is 0 Å². The maximum Gasteiger partial charge on any atom is 0.262 e. The maximum atomic E-state index is 13.3. The number of imide groups is 2. The highest BCUT2D eigenvalue weighted by Crippen LogP contribution is 2.34. The van der Waals surface area contributed by atoms with Gasteiger partial charge in [0.25, 0.3) is 11.8 Å². The number of carbonyl (C=O) groups excluding carboxylic acids is 5. The van der Waals surface area contributed by atoms with Crippen molar-refractivity contribution in [1.29, 1.82) is 0 Å². The maximum absolute atomic E-state index is 13.3. The molecule has 1 saturated heterocycles. The zero-order chi connectivity index (χ0) is 27.4. The number of amides is 5. The van der Waals surface area contributed by atoms with E-state index in [0.29, 0.717) is 25.1 Å². The van der Waals surface area contributed by atoms with Crippen LogP contribution in [0.15, 0.2) is 72.8 Å². The van der Waals surface area contributed by atoms with Gasteiger partial charge in [0.1, 0.15) is 12.6 Å². The van der Waals surface area contributed by atoms with E-state index in [9.17, 15) is 24.0 Å². The highest BCUT2D eigenvalue weighted by molar-refractivity contribution is 6.25. The molecule has 0 saturated carbocycles. The number of hydrogen-bond donors (Lipinski definition) is 2. The Morgan fingerprint density at radius 3 is 2.36 bits per heavy atom. The van der Waals surface area contributed by atoms with Crippen LogP contribution in [0.3, 0.4) is 0 Å². The van der Waals surface area contributed by atoms with Gasteiger partial charge in [-0.25, -0.2) is 0 Å². The molecule has 2 N–H and O–H groups in total. The van der Waals surface area contributed by atoms with Crippen LogP contribution in [0, 0.1) is 0 Å². The largest absolute Gasteiger partial charge is 0.367 e. The van der Waals surface area contributed by atoms with Crippen molar-refractivity contribution in [3.05, 3.63) is 95.1 Å². The molecule has 1 atom stereocenters. The Kier molecular flexibility index (Phi) is 7.60. The Hall–Kier alpha value is -4.63. The lowest BCUT2D eigenvalue weighted by Crippen LogP contribution is -2.54. The van der Waals surface area contributed by atoms with Gasteiger partial charge in [0, 0.05) is 13.0 Å². The molecule has 2 aliphatic rings. The van der Waals surface area contributed by atoms with Crippen LogP contribution >= 0.6 is 0 Å². The molecule has 0 radical (unpaired) electrons. The molecule has 39 heavy (non-hydrogen) atoms. The predicted octanol–water partition coefficient (Wildman–Crippen LogP) is 2.63. The SMILES string of the molecule is O=C(COCc1ccccc1)NCCc1ccc(-c2cccc3c2C(=O)N(C2CCC(=O)NC2=O)C3=O)cc1. The normalized spacial score (nSPS) is 16.7. The third-order valence-electron chi connectivity index (χ3n) is 6.81. The van der Waals surface area contributed by atoms with Gasteiger partial charge < -0.3 is 10.1 Å². The molecule has 9 nitrogen and oxygen atoms in total. The van der Waals surface area contributed by atoms with Crippen LogP contribution in [0.5, 0.6) is 0 Å². The van der Waals surface area contributed by atoms with Gasteiger partial charge in [-0.05, 0) is 41.2 Å². The average molecular weight is 526 g/mol. The van der Waals surface area contributed by atoms with Crippen LogP contribution in [-0.2, 0) is 32.1 Å². The first-order chi connectivity index (χ1) is 18.9. The molecule has 9 heteroatoms. The highest BCUT2D eigenvalue weighted by Gasteiger charge is 2.45. The van der Waals surface area contributed by atoms with Gasteiger partial charge in [-0.1, -0.05) is 66.7 Å². The molecule has 0 spiro atoms. The summed E-state index contributed by atoms with van der Waals surface area (Å²) in [6.07, 6.45) is 0.785. The number of fused-ring (bicyclic) bond motifs is 1. The van der Waals surface area contributed by atoms with Crippen LogP contribution in [0.2, 0.25) is 0 Å². The number of carbonyl (C=O) groups is 5. The molecule has 3 aromatic carbocycles. The van der Waals surface area contributed by atoms with Crippen molar-refractivity contribution < 1.29 is 28.7 Å². The third-order valence-corrected chi connectivity index (χ3v) is 6.81. The second kappa shape index (κ2) is 11.4. The zero-order valence-corrected chi connectivity index (χ0v) is 21.1. The fourth-order valence-electron chi connectivity index (χ4n) is 4.84. The van der Waals surface area contributed by atoms with Crippen LogP contribution in [0.1, 0.15) is 44.7 Å². The molecule has 2 heterocycles. The summed E-state index contributed by atoms with van der Waals surface area (Å²) in [5, 5.41) is 5.06. The van der Waals surface area contributed by atoms with Gasteiger partial charge in [0.15, 0.2) is 0 Å². The minimum Gasteiger partial charge on any atom is -0.367 e. The molecule has 1 fully saturated rings. The Labute approximate surface area is 225 Å². The average Bonchev–Trinajstić information content (AvgIpc) is 3.19. The lowest BCUT2D eigenvalue weighted by Gasteiger charge is -2.27. The molecule has 5 rings (SSSR count). The van der Waals surface area contributed by atoms with Crippen molar-refractivity contribution in [1.82, 2.24) is 15.5 Å². The number of piperidine rings is 1. The molecule has 5 amide bonds. The summed E-state index contributed by atoms with van der Waals surface area (Å²) in [6.45, 7) is 0.801. The van der Waals surface area contributed by atoms with E-state index >= 15 is 0 Å². The van der Waals surface area contributed by atoms with Crippen LogP contribution in [-0.4, -0.2) is 53.6 Å². The quantitative estimate of drug-likeness (QED) is 0.414. The lowest BCUT2D eigenvalue weighted by atomic mass is 9.95. The minimum absolute atomic E-state index is 0.0183. The fourth-order valence-corrected chi connectivity index (χ4v) is 4.84. The standard InChI is InChI=1S/C30H27N3O6/c34-25-14-13-24(28(36)32-25)33-29(37)23-8-4-7-22(27(23)30(33)38)21-11-9-19(10-12-21)15-16-31-26(35)18-39-17-20-5-2-1-3-6-20/h1-12,24H,13-18H2,(H,31,35)(H,32,34,36). The van der Waals surface area contributed by atoms with Crippen LogP contribution in [0.4, 0.5) is 0 Å². The molecule has 3 aromatic rings. The van der Waals surface area contributed by atoms with E-state index in [4.69, 9.17) is 4.74 Å². The lowest BCUT2D eigenvalue weighted by molar-refractivity contribution is -0.136. The van der Waals surface area contributed by atoms with Crippen LogP contribution in [0.25, 0.3) is 11.1 Å². The van der Waals surface area contributed by atoms with Crippen molar-refractivity contribution in [2.24, 2.45) is 0 Å². The number of rotatable bonds is 9. The molecule has 0 bridgehead atoms. The molecular formula is C30H27N3O6. The van der Waals surface area contributed by atoms with Crippen molar-refractivity contribution in [3.8, 4) is 11.1 Å². The minimum atomic E-state index is -1.01. The van der Waals surface area contributed by atoms with Crippen molar-refractivity contribution in [3.63, 3.8) is 0 Å². The number of ether oxygens (including phenoxy) is 1. The smallest absolute Gasteiger partial charge is 0.262 e. The molecule has 0 aromatic heterocycles. The van der Waals surface area contributed by atoms with Crippen LogP contribution < -0.4 is 10.6 Å². The summed E-state index contributed by atoms with van der Waals surface area (Å²) in [4.78, 5) is 63.3. The molecular weight excluding hydrogens is 498 g/mol. The van der Waals surface area contributed by atoms with Gasteiger partial charge in [0.05, 0.1) is 17.7 Å². The van der Waals surface area contributed by atoms with Crippen molar-refractivity contribution in [2.75, 3.05) is 13.2 Å². The fraction of sp³-hybridized carbons (Fsp3) is 0.233. The topological polar surface area (TPSA) is 122 Å². The van der Waals surface area contributed by atoms with E-state index in [-0.39, 0.29) is 36.5 Å². The number of nitrogens with zero attached hydrogens (tertiary/aromatic N) is 1. The first-order valence-corrected chi connectivity index (χ1v) is 12.7. The molecule has 198 valence electrons. The van der Waals surface area contributed by atoms with E-state index in [1.165, 1.54) is 0 Å². The number of benzene rings is 3. The summed E-state index contributed by atoms with van der Waals surface area (Å²) in [7, 11) is 0. The third kappa shape index (κ3) is 5.63. The van der Waals surface area contributed by atoms with Crippen molar-refractivity contribution in [2.45, 2.75) is 31.9 Å². The van der Waals surface area contributed by atoms with Crippen molar-refractivity contribution >= 4 is 29.5 Å². The van der Waals surface area contributed by atoms with Gasteiger partial charge in [-0.15, -0.1) is 0 Å². The Bertz CT molecular complexity index is 1430. The molecule has 0 aliphatic carbocycles. The summed E-state index contributed by atoms with van der Waals surface area (Å²) in [6, 6.07) is 21.2. The Morgan fingerprint density at radius 2 is 1.62 bits per heavy atom. The summed E-state index contributed by atoms with van der Waals surface area (Å²) < 4.78 is 5.45. The monoisotopic (exact) mass is 525 g/mol. The van der Waals surface area contributed by atoms with E-state index in [1.54, 1.807) is 18.2 Å². The van der Waals surface area contributed by atoms with E-state index in [2.05, 4.69) is 10.6 Å². The molecule has 2 aliphatic heterocycles. The summed E-state index contributed by atoms with van der Waals surface area (Å²) in [5.74, 6) is -2.31. The highest BCUT2D eigenvalue weighted by atomic mass is 16.5. The number of hydrogen-bond acceptors (Lipinski definition) is 6. The van der Waals surface area contributed by atoms with Gasteiger partial charge in [0.2, 0.25) is 17.7 Å². The Morgan fingerprint density at radius 1 is 0.872 bits per heavy atom. The van der Waals surface area contributed by atoms with E-state index < -0.39 is 29.7 Å². The second-order valence-corrected chi connectivity index (χ2v) is 9.45. The van der Waals surface area contributed by atoms with Gasteiger partial charge in [-0.2, -0.15) is 0 Å². The zero-order valence-electron chi connectivity index (χ0n) is 21.1. The summed E-state index contributed by atoms with van der Waals surface area (Å²) in [5.41, 5.74) is 3.83. The second-order valence-electron chi connectivity index (χ2n) is 9.45. The van der Waals surface area contributed by atoms with E-state index in [1.807, 2.05) is 54.6 Å². The molecule has 1 unspecified atom stereocenters.